The highest BCUT2D eigenvalue weighted by Crippen LogP contribution is 2.17. The van der Waals surface area contributed by atoms with Crippen LogP contribution >= 0.6 is 0 Å². The first-order valence-corrected chi connectivity index (χ1v) is 8.47. The minimum atomic E-state index is -4.46. The summed E-state index contributed by atoms with van der Waals surface area (Å²) in [5.41, 5.74) is 0.161. The number of aromatic nitrogens is 1. The van der Waals surface area contributed by atoms with Crippen molar-refractivity contribution in [1.29, 1.82) is 0 Å². The summed E-state index contributed by atoms with van der Waals surface area (Å²) in [5.74, 6) is -0.421. The Labute approximate surface area is 155 Å². The summed E-state index contributed by atoms with van der Waals surface area (Å²) in [6.07, 6.45) is -3.28. The van der Waals surface area contributed by atoms with Crippen molar-refractivity contribution in [2.24, 2.45) is 5.92 Å². The number of hydrogen-bond donors (Lipinski definition) is 2. The molecule has 1 atom stereocenters. The third-order valence-corrected chi connectivity index (χ3v) is 3.24. The summed E-state index contributed by atoms with van der Waals surface area (Å²) in [5, 5.41) is 5.34. The van der Waals surface area contributed by atoms with Gasteiger partial charge in [0.2, 0.25) is 5.88 Å². The maximum Gasteiger partial charge on any atom is 0.422 e. The molecule has 0 fully saturated rings. The largest absolute Gasteiger partial charge is 0.468 e. The SMILES string of the molecule is CCOC(=O)NC(CNC(=O)c1ccc(OCC(F)(F)F)nc1)CC(C)C. The number of nitrogens with one attached hydrogen (secondary N) is 2. The number of pyridine rings is 1. The Morgan fingerprint density at radius 2 is 1.96 bits per heavy atom. The van der Waals surface area contributed by atoms with Crippen LogP contribution in [0.4, 0.5) is 18.0 Å². The smallest absolute Gasteiger partial charge is 0.422 e. The maximum atomic E-state index is 12.2. The molecule has 0 radical (unpaired) electrons. The van der Waals surface area contributed by atoms with E-state index in [2.05, 4.69) is 20.4 Å². The summed E-state index contributed by atoms with van der Waals surface area (Å²) >= 11 is 0. The van der Waals surface area contributed by atoms with Gasteiger partial charge in [0.15, 0.2) is 6.61 Å². The fourth-order valence-corrected chi connectivity index (χ4v) is 2.18. The molecule has 0 aliphatic heterocycles. The molecular weight excluding hydrogens is 367 g/mol. The van der Waals surface area contributed by atoms with E-state index < -0.39 is 24.8 Å². The molecule has 0 spiro atoms. The van der Waals surface area contributed by atoms with Gasteiger partial charge in [-0.2, -0.15) is 13.2 Å². The lowest BCUT2D eigenvalue weighted by atomic mass is 10.0. The predicted octanol–water partition coefficient (Wildman–Crippen LogP) is 2.91. The molecule has 0 aliphatic rings. The number of carbonyl (C=O) groups is 2. The molecule has 152 valence electrons. The topological polar surface area (TPSA) is 89.6 Å². The average Bonchev–Trinajstić information content (AvgIpc) is 2.57. The van der Waals surface area contributed by atoms with Gasteiger partial charge in [0, 0.05) is 24.8 Å². The Morgan fingerprint density at radius 3 is 2.48 bits per heavy atom. The van der Waals surface area contributed by atoms with Gasteiger partial charge in [-0.15, -0.1) is 0 Å². The van der Waals surface area contributed by atoms with Gasteiger partial charge in [0.25, 0.3) is 5.91 Å². The Bertz CT molecular complexity index is 606. The highest BCUT2D eigenvalue weighted by Gasteiger charge is 2.28. The minimum absolute atomic E-state index is 0.161. The van der Waals surface area contributed by atoms with Crippen LogP contribution in [0.5, 0.6) is 5.88 Å². The van der Waals surface area contributed by atoms with Crippen LogP contribution in [-0.4, -0.2) is 49.0 Å². The predicted molar refractivity (Wildman–Crippen MR) is 91.5 cm³/mol. The first-order valence-electron chi connectivity index (χ1n) is 8.47. The van der Waals surface area contributed by atoms with Crippen LogP contribution in [0.3, 0.4) is 0 Å². The van der Waals surface area contributed by atoms with Crippen LogP contribution in [0, 0.1) is 5.92 Å². The second-order valence-electron chi connectivity index (χ2n) is 6.19. The van der Waals surface area contributed by atoms with Crippen molar-refractivity contribution >= 4 is 12.0 Å². The lowest BCUT2D eigenvalue weighted by Crippen LogP contribution is -2.44. The number of nitrogens with zero attached hydrogens (tertiary/aromatic N) is 1. The summed E-state index contributed by atoms with van der Waals surface area (Å²) in [6.45, 7) is 4.59. The molecule has 2 N–H and O–H groups in total. The number of alkyl carbamates (subject to hydrolysis) is 1. The van der Waals surface area contributed by atoms with Crippen LogP contribution in [0.2, 0.25) is 0 Å². The Balaban J connectivity index is 2.58. The normalized spacial score (nSPS) is 12.4. The molecule has 1 aromatic rings. The van der Waals surface area contributed by atoms with Gasteiger partial charge >= 0.3 is 12.3 Å². The lowest BCUT2D eigenvalue weighted by Gasteiger charge is -2.20. The molecule has 1 unspecified atom stereocenters. The van der Waals surface area contributed by atoms with Gasteiger partial charge in [-0.25, -0.2) is 9.78 Å². The number of carbonyl (C=O) groups excluding carboxylic acids is 2. The van der Waals surface area contributed by atoms with Gasteiger partial charge in [0.1, 0.15) is 0 Å². The minimum Gasteiger partial charge on any atom is -0.468 e. The molecule has 0 aliphatic carbocycles. The second-order valence-corrected chi connectivity index (χ2v) is 6.19. The van der Waals surface area contributed by atoms with Gasteiger partial charge in [-0.05, 0) is 25.3 Å². The first kappa shape index (κ1) is 22.5. The molecule has 1 heterocycles. The quantitative estimate of drug-likeness (QED) is 0.676. The van der Waals surface area contributed by atoms with E-state index in [0.29, 0.717) is 6.42 Å². The number of ether oxygens (including phenoxy) is 2. The highest BCUT2D eigenvalue weighted by molar-refractivity contribution is 5.93. The third kappa shape index (κ3) is 9.66. The van der Waals surface area contributed by atoms with E-state index >= 15 is 0 Å². The fourth-order valence-electron chi connectivity index (χ4n) is 2.18. The van der Waals surface area contributed by atoms with E-state index in [-0.39, 0.29) is 36.6 Å². The van der Waals surface area contributed by atoms with Crippen molar-refractivity contribution in [3.8, 4) is 5.88 Å². The van der Waals surface area contributed by atoms with Gasteiger partial charge in [-0.3, -0.25) is 4.79 Å². The van der Waals surface area contributed by atoms with Crippen LogP contribution in [-0.2, 0) is 4.74 Å². The number of amides is 2. The summed E-state index contributed by atoms with van der Waals surface area (Å²) in [7, 11) is 0. The molecule has 0 saturated carbocycles. The molecular formula is C17H24F3N3O4. The summed E-state index contributed by atoms with van der Waals surface area (Å²) < 4.78 is 45.6. The molecule has 0 bridgehead atoms. The molecule has 0 saturated heterocycles. The number of hydrogen-bond acceptors (Lipinski definition) is 5. The van der Waals surface area contributed by atoms with Crippen molar-refractivity contribution in [3.63, 3.8) is 0 Å². The maximum absolute atomic E-state index is 12.2. The number of alkyl halides is 3. The van der Waals surface area contributed by atoms with E-state index in [0.717, 1.165) is 6.20 Å². The molecule has 1 rings (SSSR count). The summed E-state index contributed by atoms with van der Waals surface area (Å²) in [4.78, 5) is 27.4. The van der Waals surface area contributed by atoms with Crippen molar-refractivity contribution in [2.75, 3.05) is 19.8 Å². The molecule has 27 heavy (non-hydrogen) atoms. The van der Waals surface area contributed by atoms with E-state index in [1.54, 1.807) is 6.92 Å². The summed E-state index contributed by atoms with van der Waals surface area (Å²) in [6, 6.07) is 2.17. The van der Waals surface area contributed by atoms with Crippen LogP contribution in [0.25, 0.3) is 0 Å². The van der Waals surface area contributed by atoms with Crippen molar-refractivity contribution in [1.82, 2.24) is 15.6 Å². The zero-order chi connectivity index (χ0) is 20.4. The van der Waals surface area contributed by atoms with Gasteiger partial charge in [-0.1, -0.05) is 13.8 Å². The van der Waals surface area contributed by atoms with E-state index in [9.17, 15) is 22.8 Å². The molecule has 2 amide bonds. The van der Waals surface area contributed by atoms with Crippen molar-refractivity contribution < 1.29 is 32.2 Å². The van der Waals surface area contributed by atoms with Crippen molar-refractivity contribution in [2.45, 2.75) is 39.4 Å². The Morgan fingerprint density at radius 1 is 1.26 bits per heavy atom. The average molecular weight is 391 g/mol. The second kappa shape index (κ2) is 10.6. The third-order valence-electron chi connectivity index (χ3n) is 3.24. The monoisotopic (exact) mass is 391 g/mol. The van der Waals surface area contributed by atoms with E-state index in [4.69, 9.17) is 4.74 Å². The van der Waals surface area contributed by atoms with E-state index in [1.807, 2.05) is 13.8 Å². The van der Waals surface area contributed by atoms with Crippen molar-refractivity contribution in [3.05, 3.63) is 23.9 Å². The zero-order valence-electron chi connectivity index (χ0n) is 15.4. The molecule has 7 nitrogen and oxygen atoms in total. The molecule has 0 aromatic carbocycles. The lowest BCUT2D eigenvalue weighted by molar-refractivity contribution is -0.154. The zero-order valence-corrected chi connectivity index (χ0v) is 15.4. The van der Waals surface area contributed by atoms with Crippen LogP contribution in [0.1, 0.15) is 37.6 Å². The number of rotatable bonds is 9. The Kier molecular flexibility index (Phi) is 8.83. The number of halogens is 3. The first-order chi connectivity index (χ1) is 12.6. The van der Waals surface area contributed by atoms with Gasteiger partial charge in [0.05, 0.1) is 12.2 Å². The van der Waals surface area contributed by atoms with Gasteiger partial charge < -0.3 is 20.1 Å². The highest BCUT2D eigenvalue weighted by atomic mass is 19.4. The standard InChI is InChI=1S/C17H24F3N3O4/c1-4-26-16(25)23-13(7-11(2)3)9-22-15(24)12-5-6-14(21-8-12)27-10-17(18,19)20/h5-6,8,11,13H,4,7,9-10H2,1-3H3,(H,22,24)(H,23,25). The van der Waals surface area contributed by atoms with E-state index in [1.165, 1.54) is 12.1 Å². The Hall–Kier alpha value is -2.52. The van der Waals surface area contributed by atoms with Crippen LogP contribution < -0.4 is 15.4 Å². The molecule has 1 aromatic heterocycles. The fraction of sp³-hybridized carbons (Fsp3) is 0.588. The molecule has 10 heteroatoms. The van der Waals surface area contributed by atoms with Crippen LogP contribution in [0.15, 0.2) is 18.3 Å².